The fourth-order valence-electron chi connectivity index (χ4n) is 1.01. The molecule has 0 spiro atoms. The normalized spacial score (nSPS) is 13.1. The van der Waals surface area contributed by atoms with Gasteiger partial charge >= 0.3 is 4.83 Å². The van der Waals surface area contributed by atoms with Crippen molar-refractivity contribution in [3.63, 3.8) is 0 Å². The molecule has 0 aliphatic rings. The van der Waals surface area contributed by atoms with Crippen molar-refractivity contribution >= 4 is 32.6 Å². The Morgan fingerprint density at radius 2 is 1.19 bits per heavy atom. The van der Waals surface area contributed by atoms with Crippen LogP contribution >= 0.6 is 15.9 Å². The zero-order chi connectivity index (χ0) is 21.4. The minimum Gasteiger partial charge on any atom is -0.406 e. The van der Waals surface area contributed by atoms with Gasteiger partial charge in [0.05, 0.1) is 13.2 Å². The van der Waals surface area contributed by atoms with E-state index in [-0.39, 0.29) is 16.7 Å². The number of hydrogen-bond donors (Lipinski definition) is 0. The lowest BCUT2D eigenvalue weighted by atomic mass is 10.2. The van der Waals surface area contributed by atoms with Crippen molar-refractivity contribution in [1.82, 2.24) is 0 Å². The summed E-state index contributed by atoms with van der Waals surface area (Å²) in [6.07, 6.45) is 5.13. The van der Waals surface area contributed by atoms with E-state index >= 15 is 0 Å². The number of alkyl halides is 3. The molecule has 26 heavy (non-hydrogen) atoms. The molecule has 2 nitrogen and oxygen atoms in total. The molecule has 0 rings (SSSR count). The highest BCUT2D eigenvalue weighted by molar-refractivity contribution is 9.10. The molecule has 0 aromatic carbocycles. The average molecular weight is 470 g/mol. The molecule has 0 amide bonds. The predicted molar refractivity (Wildman–Crippen MR) is 117 cm³/mol. The van der Waals surface area contributed by atoms with Gasteiger partial charge < -0.3 is 8.85 Å². The molecule has 0 saturated carbocycles. The van der Waals surface area contributed by atoms with Gasteiger partial charge in [-0.05, 0) is 42.2 Å². The van der Waals surface area contributed by atoms with Crippen molar-refractivity contribution < 1.29 is 17.6 Å². The van der Waals surface area contributed by atoms with Gasteiger partial charge in [-0.15, -0.1) is 6.42 Å². The van der Waals surface area contributed by atoms with Crippen LogP contribution in [0.2, 0.25) is 36.3 Å². The lowest BCUT2D eigenvalue weighted by Crippen LogP contribution is -2.40. The minimum atomic E-state index is -3.11. The molecule has 0 atom stereocenters. The summed E-state index contributed by atoms with van der Waals surface area (Å²) in [4.78, 5) is -3.11. The Bertz CT molecular complexity index is 525. The van der Waals surface area contributed by atoms with Gasteiger partial charge in [-0.25, -0.2) is 0 Å². The highest BCUT2D eigenvalue weighted by Crippen LogP contribution is 2.37. The first-order valence-corrected chi connectivity index (χ1v) is 15.2. The van der Waals surface area contributed by atoms with E-state index in [9.17, 15) is 8.78 Å². The molecule has 0 heterocycles. The Morgan fingerprint density at radius 1 is 0.846 bits per heavy atom. The molecule has 0 aromatic rings. The third kappa shape index (κ3) is 12.2. The summed E-state index contributed by atoms with van der Waals surface area (Å²) >= 11 is 2.15. The average Bonchev–Trinajstić information content (AvgIpc) is 2.38. The van der Waals surface area contributed by atoms with Gasteiger partial charge in [-0.2, -0.15) is 8.78 Å². The Hall–Kier alpha value is -0.186. The second-order valence-electron chi connectivity index (χ2n) is 9.10. The topological polar surface area (TPSA) is 18.5 Å². The van der Waals surface area contributed by atoms with Crippen LogP contribution in [0.15, 0.2) is 0 Å². The maximum Gasteiger partial charge on any atom is 0.363 e. The van der Waals surface area contributed by atoms with Gasteiger partial charge in [-0.3, -0.25) is 0 Å². The van der Waals surface area contributed by atoms with E-state index in [2.05, 4.69) is 95.5 Å². The molecule has 0 aromatic heterocycles. The third-order valence-corrected chi connectivity index (χ3v) is 14.0. The van der Waals surface area contributed by atoms with E-state index in [1.54, 1.807) is 5.92 Å². The standard InChI is InChI=1S/C10H17BrF2OSi.C9H18OSi/c1-9(2,3)15(4,5)14-8-6-7-10(11,12)13;1-7-8-10-11(5,6)9(2,3)4/h8H2,1-5H3;1H,8H2,2-6H3. The third-order valence-electron chi connectivity index (χ3n) is 4.86. The second kappa shape index (κ2) is 10.4. The van der Waals surface area contributed by atoms with Crippen LogP contribution in [-0.4, -0.2) is 34.7 Å². The number of terminal acetylenes is 1. The molecular weight excluding hydrogens is 434 g/mol. The maximum absolute atomic E-state index is 12.3. The second-order valence-corrected chi connectivity index (χ2v) is 19.7. The number of hydrogen-bond acceptors (Lipinski definition) is 2. The molecule has 0 unspecified atom stereocenters. The summed E-state index contributed by atoms with van der Waals surface area (Å²) in [6.45, 7) is 21.9. The van der Waals surface area contributed by atoms with Crippen molar-refractivity contribution in [3.8, 4) is 24.2 Å². The zero-order valence-corrected chi connectivity index (χ0v) is 21.5. The Labute approximate surface area is 170 Å². The first-order chi connectivity index (χ1) is 11.3. The van der Waals surface area contributed by atoms with Gasteiger partial charge in [0, 0.05) is 15.9 Å². The Balaban J connectivity index is 0. The van der Waals surface area contributed by atoms with Crippen LogP contribution in [0.5, 0.6) is 0 Å². The van der Waals surface area contributed by atoms with E-state index in [1.807, 2.05) is 0 Å². The minimum absolute atomic E-state index is 0.0671. The smallest absolute Gasteiger partial charge is 0.363 e. The fraction of sp³-hybridized carbons (Fsp3) is 0.789. The van der Waals surface area contributed by atoms with Crippen molar-refractivity contribution in [1.29, 1.82) is 0 Å². The summed E-state index contributed by atoms with van der Waals surface area (Å²) in [6, 6.07) is 0. The molecule has 0 saturated heterocycles. The molecule has 0 N–H and O–H groups in total. The fourth-order valence-corrected chi connectivity index (χ4v) is 2.89. The summed E-state index contributed by atoms with van der Waals surface area (Å²) in [5, 5.41) is 0.343. The molecule has 0 aliphatic carbocycles. The quantitative estimate of drug-likeness (QED) is 0.261. The molecule has 0 radical (unpaired) electrons. The first-order valence-electron chi connectivity index (χ1n) is 8.55. The lowest BCUT2D eigenvalue weighted by molar-refractivity contribution is 0.182. The number of halogens is 3. The summed E-state index contributed by atoms with van der Waals surface area (Å²) in [7, 11) is -3.43. The highest BCUT2D eigenvalue weighted by atomic mass is 79.9. The summed E-state index contributed by atoms with van der Waals surface area (Å²) in [5.41, 5.74) is 0. The maximum atomic E-state index is 12.3. The van der Waals surface area contributed by atoms with Gasteiger partial charge in [0.1, 0.15) is 0 Å². The lowest BCUT2D eigenvalue weighted by Gasteiger charge is -2.35. The van der Waals surface area contributed by atoms with Crippen molar-refractivity contribution in [2.45, 2.75) is 82.6 Å². The molecule has 152 valence electrons. The van der Waals surface area contributed by atoms with E-state index in [0.717, 1.165) is 0 Å². The summed E-state index contributed by atoms with van der Waals surface area (Å²) in [5.74, 6) is 6.60. The molecule has 0 bridgehead atoms. The van der Waals surface area contributed by atoms with Crippen molar-refractivity contribution in [2.75, 3.05) is 13.2 Å². The highest BCUT2D eigenvalue weighted by Gasteiger charge is 2.37. The molecule has 0 fully saturated rings. The van der Waals surface area contributed by atoms with Crippen LogP contribution in [-0.2, 0) is 8.85 Å². The summed E-state index contributed by atoms with van der Waals surface area (Å²) < 4.78 is 35.8. The first kappa shape index (κ1) is 28.0. The van der Waals surface area contributed by atoms with Gasteiger partial charge in [0.15, 0.2) is 16.6 Å². The van der Waals surface area contributed by atoms with Crippen LogP contribution in [0, 0.1) is 24.2 Å². The molecular formula is C19H35BrF2O2Si2. The van der Waals surface area contributed by atoms with Crippen LogP contribution < -0.4 is 0 Å². The van der Waals surface area contributed by atoms with Gasteiger partial charge in [-0.1, -0.05) is 53.4 Å². The SMILES string of the molecule is C#CCO[Si](C)(C)C(C)(C)C.CC(C)(C)[Si](C)(C)OCC#CC(F)(F)Br. The van der Waals surface area contributed by atoms with Gasteiger partial charge in [0.2, 0.25) is 0 Å². The van der Waals surface area contributed by atoms with E-state index in [4.69, 9.17) is 15.3 Å². The monoisotopic (exact) mass is 468 g/mol. The van der Waals surface area contributed by atoms with Crippen molar-refractivity contribution in [2.24, 2.45) is 0 Å². The molecule has 7 heteroatoms. The zero-order valence-electron chi connectivity index (χ0n) is 17.9. The van der Waals surface area contributed by atoms with Crippen molar-refractivity contribution in [3.05, 3.63) is 0 Å². The number of rotatable bonds is 4. The van der Waals surface area contributed by atoms with Crippen LogP contribution in [0.3, 0.4) is 0 Å². The van der Waals surface area contributed by atoms with E-state index < -0.39 is 21.5 Å². The molecule has 0 aliphatic heterocycles. The largest absolute Gasteiger partial charge is 0.406 e. The van der Waals surface area contributed by atoms with Crippen LogP contribution in [0.4, 0.5) is 8.78 Å². The Morgan fingerprint density at radius 3 is 1.46 bits per heavy atom. The van der Waals surface area contributed by atoms with E-state index in [1.165, 1.54) is 0 Å². The van der Waals surface area contributed by atoms with E-state index in [0.29, 0.717) is 6.61 Å². The van der Waals surface area contributed by atoms with Gasteiger partial charge in [0.25, 0.3) is 0 Å². The van der Waals surface area contributed by atoms with Crippen LogP contribution in [0.25, 0.3) is 0 Å². The predicted octanol–water partition coefficient (Wildman–Crippen LogP) is 6.64. The Kier molecular flexibility index (Phi) is 11.2. The van der Waals surface area contributed by atoms with Crippen LogP contribution in [0.1, 0.15) is 41.5 Å².